The summed E-state index contributed by atoms with van der Waals surface area (Å²) in [5.41, 5.74) is 5.68. The zero-order valence-electron chi connectivity index (χ0n) is 10.6. The first-order valence-corrected chi connectivity index (χ1v) is 6.01. The zero-order chi connectivity index (χ0) is 14.0. The number of aromatic carboxylic acids is 1. The number of nitrogens with two attached hydrogens (primary N) is 1. The van der Waals surface area contributed by atoms with Crippen LogP contribution in [0.2, 0.25) is 0 Å². The van der Waals surface area contributed by atoms with Crippen LogP contribution in [0.15, 0.2) is 22.6 Å². The van der Waals surface area contributed by atoms with Gasteiger partial charge >= 0.3 is 5.97 Å². The average molecular weight is 264 g/mol. The van der Waals surface area contributed by atoms with Gasteiger partial charge in [0.05, 0.1) is 0 Å². The number of carbonyl (C=O) groups is 2. The van der Waals surface area contributed by atoms with Crippen molar-refractivity contribution in [3.05, 3.63) is 29.7 Å². The van der Waals surface area contributed by atoms with Gasteiger partial charge in [0.2, 0.25) is 11.7 Å². The zero-order valence-corrected chi connectivity index (χ0v) is 10.6. The number of carboxylic acid groups (broad SMARTS) is 1. The SMILES string of the molecule is CN(C(=O)/C=C/c1ccc(C(=O)O)o1)C1CC(N)C1. The minimum absolute atomic E-state index is 0.148. The van der Waals surface area contributed by atoms with Crippen molar-refractivity contribution in [1.29, 1.82) is 0 Å². The number of rotatable bonds is 4. The van der Waals surface area contributed by atoms with Crippen molar-refractivity contribution >= 4 is 18.0 Å². The lowest BCUT2D eigenvalue weighted by atomic mass is 9.86. The fraction of sp³-hybridized carbons (Fsp3) is 0.385. The Hall–Kier alpha value is -2.08. The highest BCUT2D eigenvalue weighted by Gasteiger charge is 2.30. The van der Waals surface area contributed by atoms with Crippen LogP contribution in [0.5, 0.6) is 0 Å². The van der Waals surface area contributed by atoms with Gasteiger partial charge in [-0.3, -0.25) is 4.79 Å². The molecule has 1 aliphatic rings. The van der Waals surface area contributed by atoms with E-state index in [2.05, 4.69) is 0 Å². The number of likely N-dealkylation sites (N-methyl/N-ethyl adjacent to an activating group) is 1. The molecule has 1 heterocycles. The van der Waals surface area contributed by atoms with Crippen LogP contribution in [0.4, 0.5) is 0 Å². The molecule has 0 bridgehead atoms. The van der Waals surface area contributed by atoms with Crippen molar-refractivity contribution < 1.29 is 19.1 Å². The number of hydrogen-bond acceptors (Lipinski definition) is 4. The van der Waals surface area contributed by atoms with Gasteiger partial charge in [-0.15, -0.1) is 0 Å². The number of amides is 1. The molecule has 3 N–H and O–H groups in total. The van der Waals surface area contributed by atoms with Crippen molar-refractivity contribution in [2.24, 2.45) is 5.73 Å². The summed E-state index contributed by atoms with van der Waals surface area (Å²) in [7, 11) is 1.73. The molecular formula is C13H16N2O4. The molecule has 1 fully saturated rings. The van der Waals surface area contributed by atoms with Gasteiger partial charge in [0.1, 0.15) is 5.76 Å². The monoisotopic (exact) mass is 264 g/mol. The van der Waals surface area contributed by atoms with Gasteiger partial charge in [0, 0.05) is 25.2 Å². The molecule has 1 amide bonds. The van der Waals surface area contributed by atoms with E-state index in [0.29, 0.717) is 5.76 Å². The lowest BCUT2D eigenvalue weighted by molar-refractivity contribution is -0.128. The van der Waals surface area contributed by atoms with Crippen LogP contribution >= 0.6 is 0 Å². The standard InChI is InChI=1S/C13H16N2O4/c1-15(9-6-8(14)7-9)12(16)5-3-10-2-4-11(19-10)13(17)18/h2-5,8-9H,6-7,14H2,1H3,(H,17,18)/b5-3+. The van der Waals surface area contributed by atoms with E-state index in [1.54, 1.807) is 11.9 Å². The Morgan fingerprint density at radius 2 is 2.16 bits per heavy atom. The third-order valence-electron chi connectivity index (χ3n) is 3.27. The first-order valence-electron chi connectivity index (χ1n) is 6.01. The Bertz CT molecular complexity index is 514. The normalized spacial score (nSPS) is 22.2. The first-order chi connectivity index (χ1) is 8.97. The molecule has 2 rings (SSSR count). The molecule has 0 radical (unpaired) electrons. The predicted octanol–water partition coefficient (Wildman–Crippen LogP) is 0.939. The largest absolute Gasteiger partial charge is 0.475 e. The van der Waals surface area contributed by atoms with E-state index < -0.39 is 5.97 Å². The number of furan rings is 1. The van der Waals surface area contributed by atoms with Gasteiger partial charge in [-0.05, 0) is 31.1 Å². The van der Waals surface area contributed by atoms with E-state index in [1.165, 1.54) is 24.3 Å². The molecule has 0 saturated heterocycles. The molecule has 0 atom stereocenters. The minimum atomic E-state index is -1.13. The molecule has 0 aromatic carbocycles. The summed E-state index contributed by atoms with van der Waals surface area (Å²) < 4.78 is 5.02. The van der Waals surface area contributed by atoms with E-state index >= 15 is 0 Å². The molecule has 0 aliphatic heterocycles. The summed E-state index contributed by atoms with van der Waals surface area (Å²) in [6.45, 7) is 0. The number of carbonyl (C=O) groups excluding carboxylic acids is 1. The first kappa shape index (κ1) is 13.4. The highest BCUT2D eigenvalue weighted by molar-refractivity contribution is 5.91. The molecule has 102 valence electrons. The summed E-state index contributed by atoms with van der Waals surface area (Å²) in [5.74, 6) is -1.09. The highest BCUT2D eigenvalue weighted by atomic mass is 16.4. The van der Waals surface area contributed by atoms with Crippen molar-refractivity contribution in [2.75, 3.05) is 7.05 Å². The second-order valence-corrected chi connectivity index (χ2v) is 4.67. The second-order valence-electron chi connectivity index (χ2n) is 4.67. The third-order valence-corrected chi connectivity index (χ3v) is 3.27. The summed E-state index contributed by atoms with van der Waals surface area (Å²) in [5, 5.41) is 8.70. The molecule has 0 spiro atoms. The van der Waals surface area contributed by atoms with Crippen LogP contribution in [0, 0.1) is 0 Å². The highest BCUT2D eigenvalue weighted by Crippen LogP contribution is 2.23. The van der Waals surface area contributed by atoms with Crippen LogP contribution in [-0.4, -0.2) is 41.0 Å². The average Bonchev–Trinajstić information content (AvgIpc) is 2.80. The summed E-state index contributed by atoms with van der Waals surface area (Å²) in [6.07, 6.45) is 4.47. The Kier molecular flexibility index (Phi) is 3.71. The lowest BCUT2D eigenvalue weighted by Gasteiger charge is -2.38. The summed E-state index contributed by atoms with van der Waals surface area (Å²) in [4.78, 5) is 24.1. The minimum Gasteiger partial charge on any atom is -0.475 e. The maximum atomic E-state index is 11.8. The van der Waals surface area contributed by atoms with Gasteiger partial charge in [0.15, 0.2) is 0 Å². The van der Waals surface area contributed by atoms with Crippen molar-refractivity contribution in [2.45, 2.75) is 24.9 Å². The Morgan fingerprint density at radius 3 is 2.68 bits per heavy atom. The second kappa shape index (κ2) is 5.27. The number of hydrogen-bond donors (Lipinski definition) is 2. The van der Waals surface area contributed by atoms with Crippen LogP contribution in [0.1, 0.15) is 29.2 Å². The molecule has 1 saturated carbocycles. The number of carboxylic acids is 1. The van der Waals surface area contributed by atoms with E-state index in [-0.39, 0.29) is 23.8 Å². The van der Waals surface area contributed by atoms with Crippen LogP contribution < -0.4 is 5.73 Å². The Labute approximate surface area is 110 Å². The van der Waals surface area contributed by atoms with E-state index in [0.717, 1.165) is 12.8 Å². The Balaban J connectivity index is 1.93. The van der Waals surface area contributed by atoms with Crippen LogP contribution in [-0.2, 0) is 4.79 Å². The molecule has 6 nitrogen and oxygen atoms in total. The summed E-state index contributed by atoms with van der Waals surface area (Å²) >= 11 is 0. The van der Waals surface area contributed by atoms with Gasteiger partial charge in [-0.25, -0.2) is 4.79 Å². The summed E-state index contributed by atoms with van der Waals surface area (Å²) in [6, 6.07) is 3.24. The predicted molar refractivity (Wildman–Crippen MR) is 68.5 cm³/mol. The van der Waals surface area contributed by atoms with Crippen molar-refractivity contribution in [3.8, 4) is 0 Å². The van der Waals surface area contributed by atoms with Crippen molar-refractivity contribution in [1.82, 2.24) is 4.90 Å². The quantitative estimate of drug-likeness (QED) is 0.789. The molecule has 0 unspecified atom stereocenters. The van der Waals surface area contributed by atoms with E-state index in [4.69, 9.17) is 15.3 Å². The van der Waals surface area contributed by atoms with Crippen LogP contribution in [0.3, 0.4) is 0 Å². The molecule has 1 aromatic heterocycles. The molecule has 1 aromatic rings. The van der Waals surface area contributed by atoms with E-state index in [1.807, 2.05) is 0 Å². The molecule has 6 heteroatoms. The number of nitrogens with zero attached hydrogens (tertiary/aromatic N) is 1. The van der Waals surface area contributed by atoms with Gasteiger partial charge in [0.25, 0.3) is 0 Å². The van der Waals surface area contributed by atoms with Gasteiger partial charge in [-0.2, -0.15) is 0 Å². The fourth-order valence-electron chi connectivity index (χ4n) is 1.95. The molecule has 19 heavy (non-hydrogen) atoms. The van der Waals surface area contributed by atoms with Crippen LogP contribution in [0.25, 0.3) is 6.08 Å². The van der Waals surface area contributed by atoms with Crippen molar-refractivity contribution in [3.63, 3.8) is 0 Å². The lowest BCUT2D eigenvalue weighted by Crippen LogP contribution is -2.50. The topological polar surface area (TPSA) is 96.8 Å². The maximum Gasteiger partial charge on any atom is 0.371 e. The smallest absolute Gasteiger partial charge is 0.371 e. The van der Waals surface area contributed by atoms with Gasteiger partial charge < -0.3 is 20.2 Å². The van der Waals surface area contributed by atoms with E-state index in [9.17, 15) is 9.59 Å². The Morgan fingerprint density at radius 1 is 1.47 bits per heavy atom. The molecule has 1 aliphatic carbocycles. The fourth-order valence-corrected chi connectivity index (χ4v) is 1.95. The third kappa shape index (κ3) is 3.03. The van der Waals surface area contributed by atoms with Gasteiger partial charge in [-0.1, -0.05) is 0 Å². The maximum absolute atomic E-state index is 11.8. The molecular weight excluding hydrogens is 248 g/mol.